The van der Waals surface area contributed by atoms with Gasteiger partial charge in [-0.2, -0.15) is 0 Å². The Morgan fingerprint density at radius 1 is 1.12 bits per heavy atom. The van der Waals surface area contributed by atoms with E-state index in [2.05, 4.69) is 5.32 Å². The number of nitro groups is 1. The molecule has 0 saturated carbocycles. The average Bonchev–Trinajstić information content (AvgIpc) is 3.14. The molecule has 0 bridgehead atoms. The van der Waals surface area contributed by atoms with E-state index < -0.39 is 4.92 Å². The lowest BCUT2D eigenvalue weighted by Gasteiger charge is -2.18. The van der Waals surface area contributed by atoms with Crippen LogP contribution in [0.25, 0.3) is 0 Å². The average molecular weight is 352 g/mol. The topological polar surface area (TPSA) is 72.2 Å². The van der Waals surface area contributed by atoms with Crippen LogP contribution in [0.15, 0.2) is 66.0 Å². The minimum Gasteiger partial charge on any atom is -0.340 e. The van der Waals surface area contributed by atoms with Crippen molar-refractivity contribution < 1.29 is 9.72 Å². The second-order valence-corrected chi connectivity index (χ2v) is 6.57. The molecular formula is C19H16N2O3S. The van der Waals surface area contributed by atoms with E-state index in [4.69, 9.17) is 0 Å². The summed E-state index contributed by atoms with van der Waals surface area (Å²) in [4.78, 5) is 24.2. The van der Waals surface area contributed by atoms with Gasteiger partial charge in [-0.15, -0.1) is 11.3 Å². The predicted molar refractivity (Wildman–Crippen MR) is 97.9 cm³/mol. The summed E-state index contributed by atoms with van der Waals surface area (Å²) in [6, 6.07) is 17.8. The van der Waals surface area contributed by atoms with E-state index in [1.54, 1.807) is 24.3 Å². The summed E-state index contributed by atoms with van der Waals surface area (Å²) >= 11 is 1.57. The first kappa shape index (κ1) is 16.9. The SMILES string of the molecule is Cc1cc(C(=O)N[C@@H](c2ccccc2)c2cccs2)ccc1[N+](=O)[O-]. The highest BCUT2D eigenvalue weighted by Gasteiger charge is 2.20. The standard InChI is InChI=1S/C19H16N2O3S/c1-13-12-15(9-10-16(13)21(23)24)19(22)20-18(17-8-5-11-25-17)14-6-3-2-4-7-14/h2-12,18H,1H3,(H,20,22)/t18-/m0/s1. The Morgan fingerprint density at radius 3 is 2.48 bits per heavy atom. The molecule has 1 atom stereocenters. The molecule has 1 amide bonds. The van der Waals surface area contributed by atoms with Gasteiger partial charge in [-0.25, -0.2) is 0 Å². The Kier molecular flexibility index (Phi) is 4.90. The number of rotatable bonds is 5. The molecule has 2 aromatic carbocycles. The van der Waals surface area contributed by atoms with Gasteiger partial charge >= 0.3 is 0 Å². The largest absolute Gasteiger partial charge is 0.340 e. The highest BCUT2D eigenvalue weighted by Crippen LogP contribution is 2.27. The van der Waals surface area contributed by atoms with E-state index in [0.717, 1.165) is 10.4 Å². The summed E-state index contributed by atoms with van der Waals surface area (Å²) in [5, 5.41) is 15.9. The third-order valence-electron chi connectivity index (χ3n) is 3.89. The van der Waals surface area contributed by atoms with Crippen LogP contribution in [0.5, 0.6) is 0 Å². The van der Waals surface area contributed by atoms with E-state index in [-0.39, 0.29) is 17.6 Å². The molecule has 0 aliphatic heterocycles. The Morgan fingerprint density at radius 2 is 1.88 bits per heavy atom. The lowest BCUT2D eigenvalue weighted by molar-refractivity contribution is -0.385. The maximum atomic E-state index is 12.7. The number of hydrogen-bond donors (Lipinski definition) is 1. The lowest BCUT2D eigenvalue weighted by Crippen LogP contribution is -2.28. The van der Waals surface area contributed by atoms with Gasteiger partial charge in [-0.05, 0) is 36.1 Å². The van der Waals surface area contributed by atoms with Crippen molar-refractivity contribution in [3.05, 3.63) is 97.7 Å². The molecule has 6 heteroatoms. The van der Waals surface area contributed by atoms with Crippen molar-refractivity contribution in [1.29, 1.82) is 0 Å². The molecule has 0 saturated heterocycles. The van der Waals surface area contributed by atoms with Gasteiger partial charge in [0.25, 0.3) is 11.6 Å². The van der Waals surface area contributed by atoms with Gasteiger partial charge in [0.1, 0.15) is 0 Å². The molecule has 0 unspecified atom stereocenters. The molecule has 1 heterocycles. The normalized spacial score (nSPS) is 11.7. The van der Waals surface area contributed by atoms with Crippen molar-refractivity contribution in [2.45, 2.75) is 13.0 Å². The number of nitrogens with zero attached hydrogens (tertiary/aromatic N) is 1. The molecule has 126 valence electrons. The van der Waals surface area contributed by atoms with Crippen LogP contribution in [0.4, 0.5) is 5.69 Å². The van der Waals surface area contributed by atoms with Crippen LogP contribution < -0.4 is 5.32 Å². The van der Waals surface area contributed by atoms with Crippen LogP contribution in [-0.2, 0) is 0 Å². The first-order valence-corrected chi connectivity index (χ1v) is 8.58. The summed E-state index contributed by atoms with van der Waals surface area (Å²) in [6.07, 6.45) is 0. The van der Waals surface area contributed by atoms with Crippen molar-refractivity contribution in [3.8, 4) is 0 Å². The number of nitrogens with one attached hydrogen (secondary N) is 1. The van der Waals surface area contributed by atoms with Gasteiger partial charge in [0.05, 0.1) is 11.0 Å². The minimum absolute atomic E-state index is 0.00872. The number of benzene rings is 2. The van der Waals surface area contributed by atoms with Crippen LogP contribution in [-0.4, -0.2) is 10.8 Å². The Bertz CT molecular complexity index is 892. The number of hydrogen-bond acceptors (Lipinski definition) is 4. The molecule has 0 aliphatic carbocycles. The van der Waals surface area contributed by atoms with Gasteiger partial charge < -0.3 is 5.32 Å². The molecule has 3 rings (SSSR count). The molecule has 0 fully saturated rings. The number of carbonyl (C=O) groups excluding carboxylic acids is 1. The van der Waals surface area contributed by atoms with E-state index in [0.29, 0.717) is 11.1 Å². The zero-order valence-electron chi connectivity index (χ0n) is 13.5. The number of amides is 1. The Labute approximate surface area is 149 Å². The maximum Gasteiger partial charge on any atom is 0.272 e. The molecule has 0 radical (unpaired) electrons. The van der Waals surface area contributed by atoms with E-state index >= 15 is 0 Å². The van der Waals surface area contributed by atoms with E-state index in [9.17, 15) is 14.9 Å². The summed E-state index contributed by atoms with van der Waals surface area (Å²) in [5.41, 5.74) is 1.86. The molecule has 1 N–H and O–H groups in total. The quantitative estimate of drug-likeness (QED) is 0.543. The fraction of sp³-hybridized carbons (Fsp3) is 0.105. The predicted octanol–water partition coefficient (Wildman–Crippen LogP) is 4.48. The van der Waals surface area contributed by atoms with Crippen LogP contribution in [0.3, 0.4) is 0 Å². The first-order chi connectivity index (χ1) is 12.1. The van der Waals surface area contributed by atoms with Crippen LogP contribution in [0.2, 0.25) is 0 Å². The molecule has 0 spiro atoms. The smallest absolute Gasteiger partial charge is 0.272 e. The van der Waals surface area contributed by atoms with Crippen molar-refractivity contribution in [2.24, 2.45) is 0 Å². The zero-order chi connectivity index (χ0) is 17.8. The molecule has 5 nitrogen and oxygen atoms in total. The minimum atomic E-state index is -0.449. The third-order valence-corrected chi connectivity index (χ3v) is 4.83. The third kappa shape index (κ3) is 3.75. The molecule has 0 aliphatic rings. The summed E-state index contributed by atoms with van der Waals surface area (Å²) in [6.45, 7) is 1.63. The summed E-state index contributed by atoms with van der Waals surface area (Å²) < 4.78 is 0. The summed E-state index contributed by atoms with van der Waals surface area (Å²) in [7, 11) is 0. The second kappa shape index (κ2) is 7.27. The van der Waals surface area contributed by atoms with E-state index in [1.165, 1.54) is 12.1 Å². The highest BCUT2D eigenvalue weighted by atomic mass is 32.1. The van der Waals surface area contributed by atoms with Crippen molar-refractivity contribution >= 4 is 22.9 Å². The molecule has 3 aromatic rings. The number of aryl methyl sites for hydroxylation is 1. The zero-order valence-corrected chi connectivity index (χ0v) is 14.3. The lowest BCUT2D eigenvalue weighted by atomic mass is 10.0. The Balaban J connectivity index is 1.89. The van der Waals surface area contributed by atoms with Crippen LogP contribution in [0.1, 0.15) is 32.4 Å². The van der Waals surface area contributed by atoms with Gasteiger partial charge in [0, 0.05) is 22.1 Å². The van der Waals surface area contributed by atoms with Crippen LogP contribution in [0, 0.1) is 17.0 Å². The number of thiophene rings is 1. The van der Waals surface area contributed by atoms with Gasteiger partial charge in [-0.3, -0.25) is 14.9 Å². The first-order valence-electron chi connectivity index (χ1n) is 7.70. The van der Waals surface area contributed by atoms with Crippen molar-refractivity contribution in [3.63, 3.8) is 0 Å². The van der Waals surface area contributed by atoms with Gasteiger partial charge in [-0.1, -0.05) is 36.4 Å². The fourth-order valence-electron chi connectivity index (χ4n) is 2.64. The molecular weight excluding hydrogens is 336 g/mol. The van der Waals surface area contributed by atoms with Crippen molar-refractivity contribution in [2.75, 3.05) is 0 Å². The van der Waals surface area contributed by atoms with Gasteiger partial charge in [0.2, 0.25) is 0 Å². The molecule has 25 heavy (non-hydrogen) atoms. The fourth-order valence-corrected chi connectivity index (χ4v) is 3.44. The van der Waals surface area contributed by atoms with Crippen molar-refractivity contribution in [1.82, 2.24) is 5.32 Å². The molecule has 1 aromatic heterocycles. The van der Waals surface area contributed by atoms with Crippen LogP contribution >= 0.6 is 11.3 Å². The Hall–Kier alpha value is -2.99. The number of nitro benzene ring substituents is 1. The number of carbonyl (C=O) groups is 1. The van der Waals surface area contributed by atoms with Gasteiger partial charge in [0.15, 0.2) is 0 Å². The second-order valence-electron chi connectivity index (χ2n) is 5.59. The summed E-state index contributed by atoms with van der Waals surface area (Å²) in [5.74, 6) is -0.264. The maximum absolute atomic E-state index is 12.7. The monoisotopic (exact) mass is 352 g/mol. The highest BCUT2D eigenvalue weighted by molar-refractivity contribution is 7.10. The van der Waals surface area contributed by atoms with E-state index in [1.807, 2.05) is 47.8 Å².